The van der Waals surface area contributed by atoms with Crippen LogP contribution >= 0.6 is 0 Å². The van der Waals surface area contributed by atoms with Gasteiger partial charge in [-0.15, -0.1) is 0 Å². The Bertz CT molecular complexity index is 885. The summed E-state index contributed by atoms with van der Waals surface area (Å²) in [5, 5.41) is 0. The van der Waals surface area contributed by atoms with Gasteiger partial charge in [0, 0.05) is 43.6 Å². The second-order valence-electron chi connectivity index (χ2n) is 8.80. The average Bonchev–Trinajstić information content (AvgIpc) is 3.61. The third-order valence-corrected chi connectivity index (χ3v) is 5.92. The normalized spacial score (nSPS) is 27.5. The zero-order chi connectivity index (χ0) is 22.6. The quantitative estimate of drug-likeness (QED) is 0.230. The molecule has 4 aliphatic rings. The molecule has 0 radical (unpaired) electrons. The molecule has 5 rings (SSSR count). The molecule has 0 aromatic heterocycles. The van der Waals surface area contributed by atoms with Gasteiger partial charge >= 0.3 is 0 Å². The van der Waals surface area contributed by atoms with Crippen LogP contribution in [0.5, 0.6) is 5.75 Å². The van der Waals surface area contributed by atoms with E-state index in [2.05, 4.69) is 35.1 Å². The molecule has 4 saturated heterocycles. The first-order valence-corrected chi connectivity index (χ1v) is 11.6. The van der Waals surface area contributed by atoms with Crippen molar-refractivity contribution in [2.24, 2.45) is 0 Å². The highest BCUT2D eigenvalue weighted by Crippen LogP contribution is 2.27. The van der Waals surface area contributed by atoms with Gasteiger partial charge in [-0.25, -0.2) is 0 Å². The molecule has 176 valence electrons. The van der Waals surface area contributed by atoms with E-state index in [0.29, 0.717) is 30.2 Å². The topological polar surface area (TPSA) is 65.8 Å². The molecule has 4 unspecified atom stereocenters. The van der Waals surface area contributed by atoms with Crippen LogP contribution in [0.1, 0.15) is 0 Å². The van der Waals surface area contributed by atoms with Crippen LogP contribution in [0.3, 0.4) is 0 Å². The first-order valence-electron chi connectivity index (χ1n) is 11.6. The van der Waals surface area contributed by atoms with Crippen molar-refractivity contribution in [1.29, 1.82) is 0 Å². The van der Waals surface area contributed by atoms with Gasteiger partial charge in [0.25, 0.3) is 0 Å². The van der Waals surface area contributed by atoms with Gasteiger partial charge in [-0.2, -0.15) is 0 Å². The molecule has 0 N–H and O–H groups in total. The predicted molar refractivity (Wildman–Crippen MR) is 126 cm³/mol. The highest BCUT2D eigenvalue weighted by atomic mass is 16.6. The average molecular weight is 453 g/mol. The van der Waals surface area contributed by atoms with Crippen molar-refractivity contribution in [3.05, 3.63) is 73.2 Å². The van der Waals surface area contributed by atoms with E-state index in [9.17, 15) is 0 Å². The Morgan fingerprint density at radius 1 is 0.848 bits per heavy atom. The molecule has 33 heavy (non-hydrogen) atoms. The summed E-state index contributed by atoms with van der Waals surface area (Å²) < 4.78 is 27.9. The molecule has 0 aliphatic carbocycles. The minimum absolute atomic E-state index is 0.291. The zero-order valence-electron chi connectivity index (χ0n) is 18.9. The number of rotatable bonds is 15. The standard InChI is InChI=1S/C26H32N2O5/c1-3-19(27(11-23-15-29-23)12-24-16-30-24)8-9-21(4-2)33-22-7-5-6-20(10-22)28(13-25-17-31-25)14-26-18-32-26/h3-10,23-26H,1-2,11-18H2/b19-8+,21-9+. The Labute approximate surface area is 195 Å². The molecule has 7 nitrogen and oxygen atoms in total. The van der Waals surface area contributed by atoms with Gasteiger partial charge in [0.05, 0.1) is 50.8 Å². The molecule has 1 aromatic carbocycles. The zero-order valence-corrected chi connectivity index (χ0v) is 18.9. The molecule has 4 atom stereocenters. The number of epoxide rings is 4. The van der Waals surface area contributed by atoms with Crippen molar-refractivity contribution in [2.45, 2.75) is 24.4 Å². The monoisotopic (exact) mass is 452 g/mol. The van der Waals surface area contributed by atoms with Crippen LogP contribution in [0.2, 0.25) is 0 Å². The van der Waals surface area contributed by atoms with Crippen molar-refractivity contribution in [3.8, 4) is 5.75 Å². The summed E-state index contributed by atoms with van der Waals surface area (Å²) in [7, 11) is 0. The number of nitrogens with zero attached hydrogens (tertiary/aromatic N) is 2. The Hall–Kier alpha value is -2.58. The van der Waals surface area contributed by atoms with Crippen LogP contribution in [0.4, 0.5) is 5.69 Å². The highest BCUT2D eigenvalue weighted by molar-refractivity contribution is 5.52. The van der Waals surface area contributed by atoms with Gasteiger partial charge in [0.2, 0.25) is 0 Å². The third-order valence-electron chi connectivity index (χ3n) is 5.92. The second kappa shape index (κ2) is 10.1. The van der Waals surface area contributed by atoms with Crippen molar-refractivity contribution >= 4 is 5.69 Å². The van der Waals surface area contributed by atoms with E-state index >= 15 is 0 Å². The fourth-order valence-corrected chi connectivity index (χ4v) is 3.74. The molecule has 0 spiro atoms. The van der Waals surface area contributed by atoms with Gasteiger partial charge < -0.3 is 33.5 Å². The van der Waals surface area contributed by atoms with E-state index in [1.807, 2.05) is 30.4 Å². The number of hydrogen-bond donors (Lipinski definition) is 0. The lowest BCUT2D eigenvalue weighted by Crippen LogP contribution is -2.31. The van der Waals surface area contributed by atoms with E-state index in [1.54, 1.807) is 6.08 Å². The maximum atomic E-state index is 6.16. The minimum atomic E-state index is 0.291. The summed E-state index contributed by atoms with van der Waals surface area (Å²) in [5.74, 6) is 1.43. The predicted octanol–water partition coefficient (Wildman–Crippen LogP) is 2.91. The fraction of sp³-hybridized carbons (Fsp3) is 0.462. The van der Waals surface area contributed by atoms with Gasteiger partial charge in [0.1, 0.15) is 11.5 Å². The van der Waals surface area contributed by atoms with Crippen molar-refractivity contribution in [3.63, 3.8) is 0 Å². The molecule has 7 heteroatoms. The number of anilines is 1. The molecule has 0 saturated carbocycles. The van der Waals surface area contributed by atoms with Gasteiger partial charge in [-0.1, -0.05) is 19.2 Å². The summed E-state index contributed by atoms with van der Waals surface area (Å²) >= 11 is 0. The number of hydrogen-bond acceptors (Lipinski definition) is 7. The van der Waals surface area contributed by atoms with Crippen molar-refractivity contribution in [1.82, 2.24) is 4.90 Å². The van der Waals surface area contributed by atoms with Gasteiger partial charge in [-0.3, -0.25) is 0 Å². The first-order chi connectivity index (χ1) is 16.2. The summed E-state index contributed by atoms with van der Waals surface area (Å²) in [4.78, 5) is 4.57. The number of allylic oxidation sites excluding steroid dienone is 4. The summed E-state index contributed by atoms with van der Waals surface area (Å²) in [5.41, 5.74) is 2.11. The molecule has 0 bridgehead atoms. The van der Waals surface area contributed by atoms with Crippen LogP contribution in [0.15, 0.2) is 73.2 Å². The molecule has 4 fully saturated rings. The Morgan fingerprint density at radius 2 is 1.42 bits per heavy atom. The molecular formula is C26H32N2O5. The fourth-order valence-electron chi connectivity index (χ4n) is 3.74. The Balaban J connectivity index is 1.27. The largest absolute Gasteiger partial charge is 0.457 e. The number of benzene rings is 1. The summed E-state index contributed by atoms with van der Waals surface area (Å²) in [6.07, 6.45) is 8.72. The molecule has 0 amide bonds. The minimum Gasteiger partial charge on any atom is -0.457 e. The van der Waals surface area contributed by atoms with E-state index in [4.69, 9.17) is 23.7 Å². The van der Waals surface area contributed by atoms with E-state index in [-0.39, 0.29) is 0 Å². The molecule has 1 aromatic rings. The molecular weight excluding hydrogens is 420 g/mol. The van der Waals surface area contributed by atoms with Crippen LogP contribution in [-0.4, -0.2) is 81.9 Å². The van der Waals surface area contributed by atoms with Crippen LogP contribution in [0, 0.1) is 0 Å². The lowest BCUT2D eigenvalue weighted by Gasteiger charge is -2.24. The van der Waals surface area contributed by atoms with E-state index in [1.165, 1.54) is 0 Å². The first kappa shape index (κ1) is 22.2. The van der Waals surface area contributed by atoms with Gasteiger partial charge in [0.15, 0.2) is 0 Å². The maximum absolute atomic E-state index is 6.16. The Morgan fingerprint density at radius 3 is 1.94 bits per heavy atom. The van der Waals surface area contributed by atoms with Crippen LogP contribution in [-0.2, 0) is 18.9 Å². The van der Waals surface area contributed by atoms with Crippen molar-refractivity contribution < 1.29 is 23.7 Å². The molecule has 4 heterocycles. The number of ether oxygens (including phenoxy) is 5. The third kappa shape index (κ3) is 6.95. The molecule has 4 aliphatic heterocycles. The van der Waals surface area contributed by atoms with Gasteiger partial charge in [-0.05, 0) is 36.4 Å². The van der Waals surface area contributed by atoms with E-state index in [0.717, 1.165) is 69.7 Å². The van der Waals surface area contributed by atoms with Crippen molar-refractivity contribution in [2.75, 3.05) is 57.5 Å². The lowest BCUT2D eigenvalue weighted by molar-refractivity contribution is 0.268. The SMILES string of the molecule is C=C/C(=C\C=C(/C=C)N(CC1CO1)CC1CO1)Oc1cccc(N(CC2CO2)CC2CO2)c1. The maximum Gasteiger partial charge on any atom is 0.129 e. The highest BCUT2D eigenvalue weighted by Gasteiger charge is 2.32. The smallest absolute Gasteiger partial charge is 0.129 e. The lowest BCUT2D eigenvalue weighted by atomic mass is 10.2. The summed E-state index contributed by atoms with van der Waals surface area (Å²) in [6.45, 7) is 14.6. The second-order valence-corrected chi connectivity index (χ2v) is 8.80. The van der Waals surface area contributed by atoms with Crippen LogP contribution < -0.4 is 9.64 Å². The van der Waals surface area contributed by atoms with Crippen LogP contribution in [0.25, 0.3) is 0 Å². The summed E-state index contributed by atoms with van der Waals surface area (Å²) in [6, 6.07) is 8.13. The van der Waals surface area contributed by atoms with E-state index < -0.39 is 0 Å². The Kier molecular flexibility index (Phi) is 6.83.